The fraction of sp³-hybridized carbons (Fsp3) is 0.467. The van der Waals surface area contributed by atoms with Crippen molar-refractivity contribution in [3.8, 4) is 5.75 Å². The molecule has 0 radical (unpaired) electrons. The summed E-state index contributed by atoms with van der Waals surface area (Å²) in [6, 6.07) is 7.18. The zero-order valence-corrected chi connectivity index (χ0v) is 12.4. The molecule has 0 aliphatic carbocycles. The Balaban J connectivity index is 2.14. The molecule has 0 saturated carbocycles. The van der Waals surface area contributed by atoms with E-state index in [4.69, 9.17) is 9.84 Å². The molecule has 0 heterocycles. The summed E-state index contributed by atoms with van der Waals surface area (Å²) in [5, 5.41) is 13.9. The first-order valence-corrected chi connectivity index (χ1v) is 6.93. The minimum Gasteiger partial charge on any atom is -0.492 e. The average molecular weight is 294 g/mol. The predicted octanol–water partition coefficient (Wildman–Crippen LogP) is 1.93. The number of urea groups is 1. The van der Waals surface area contributed by atoms with Crippen LogP contribution in [0.15, 0.2) is 24.3 Å². The van der Waals surface area contributed by atoms with Crippen molar-refractivity contribution in [1.82, 2.24) is 10.6 Å². The first kappa shape index (κ1) is 16.8. The minimum atomic E-state index is -0.865. The smallest absolute Gasteiger partial charge is 0.315 e. The Labute approximate surface area is 124 Å². The van der Waals surface area contributed by atoms with E-state index in [0.29, 0.717) is 19.6 Å². The highest BCUT2D eigenvalue weighted by molar-refractivity contribution is 5.74. The standard InChI is InChI=1S/C15H22N2O4/c1-11-4-3-5-13(10-11)21-9-8-16-15(20)17-12(2)6-7-14(18)19/h3-5,10,12H,6-9H2,1-2H3,(H,18,19)(H2,16,17,20). The van der Waals surface area contributed by atoms with E-state index in [9.17, 15) is 9.59 Å². The molecule has 116 valence electrons. The van der Waals surface area contributed by atoms with Crippen molar-refractivity contribution in [3.63, 3.8) is 0 Å². The second-order valence-corrected chi connectivity index (χ2v) is 4.90. The molecule has 1 atom stereocenters. The summed E-state index contributed by atoms with van der Waals surface area (Å²) in [5.74, 6) is -0.0948. The Bertz CT molecular complexity index is 476. The summed E-state index contributed by atoms with van der Waals surface area (Å²) in [7, 11) is 0. The third-order valence-electron chi connectivity index (χ3n) is 2.81. The zero-order valence-electron chi connectivity index (χ0n) is 12.4. The van der Waals surface area contributed by atoms with Gasteiger partial charge in [-0.3, -0.25) is 4.79 Å². The van der Waals surface area contributed by atoms with Gasteiger partial charge >= 0.3 is 12.0 Å². The molecule has 6 nitrogen and oxygen atoms in total. The molecule has 0 aliphatic heterocycles. The quantitative estimate of drug-likeness (QED) is 0.639. The highest BCUT2D eigenvalue weighted by Crippen LogP contribution is 2.11. The molecular formula is C15H22N2O4. The first-order chi connectivity index (χ1) is 9.97. The molecule has 21 heavy (non-hydrogen) atoms. The Morgan fingerprint density at radius 1 is 1.38 bits per heavy atom. The topological polar surface area (TPSA) is 87.7 Å². The van der Waals surface area contributed by atoms with Gasteiger partial charge in [0, 0.05) is 12.5 Å². The van der Waals surface area contributed by atoms with Gasteiger partial charge in [0.1, 0.15) is 12.4 Å². The number of ether oxygens (including phenoxy) is 1. The molecule has 1 aromatic carbocycles. The number of carbonyl (C=O) groups excluding carboxylic acids is 1. The minimum absolute atomic E-state index is 0.0396. The van der Waals surface area contributed by atoms with Gasteiger partial charge in [-0.05, 0) is 38.0 Å². The van der Waals surface area contributed by atoms with E-state index in [2.05, 4.69) is 10.6 Å². The van der Waals surface area contributed by atoms with Crippen LogP contribution >= 0.6 is 0 Å². The van der Waals surface area contributed by atoms with Crippen molar-refractivity contribution in [1.29, 1.82) is 0 Å². The van der Waals surface area contributed by atoms with Crippen molar-refractivity contribution in [2.45, 2.75) is 32.7 Å². The van der Waals surface area contributed by atoms with Gasteiger partial charge < -0.3 is 20.5 Å². The van der Waals surface area contributed by atoms with E-state index >= 15 is 0 Å². The van der Waals surface area contributed by atoms with Gasteiger partial charge in [0.25, 0.3) is 0 Å². The van der Waals surface area contributed by atoms with Gasteiger partial charge in [-0.25, -0.2) is 4.79 Å². The Hall–Kier alpha value is -2.24. The largest absolute Gasteiger partial charge is 0.492 e. The van der Waals surface area contributed by atoms with Crippen molar-refractivity contribution >= 4 is 12.0 Å². The zero-order chi connectivity index (χ0) is 15.7. The molecule has 0 aromatic heterocycles. The summed E-state index contributed by atoms with van der Waals surface area (Å²) in [5.41, 5.74) is 1.12. The maximum absolute atomic E-state index is 11.5. The summed E-state index contributed by atoms with van der Waals surface area (Å²) < 4.78 is 5.50. The number of hydrogen-bond donors (Lipinski definition) is 3. The fourth-order valence-corrected chi connectivity index (χ4v) is 1.73. The number of amides is 2. The number of carboxylic acids is 1. The predicted molar refractivity (Wildman–Crippen MR) is 79.5 cm³/mol. The van der Waals surface area contributed by atoms with E-state index in [1.54, 1.807) is 6.92 Å². The second-order valence-electron chi connectivity index (χ2n) is 4.90. The van der Waals surface area contributed by atoms with Crippen molar-refractivity contribution in [2.24, 2.45) is 0 Å². The van der Waals surface area contributed by atoms with Gasteiger partial charge in [0.2, 0.25) is 0 Å². The molecule has 1 unspecified atom stereocenters. The van der Waals surface area contributed by atoms with Crippen LogP contribution < -0.4 is 15.4 Å². The van der Waals surface area contributed by atoms with E-state index in [1.807, 2.05) is 31.2 Å². The highest BCUT2D eigenvalue weighted by Gasteiger charge is 2.08. The van der Waals surface area contributed by atoms with Crippen LogP contribution in [0.2, 0.25) is 0 Å². The van der Waals surface area contributed by atoms with Crippen molar-refractivity contribution < 1.29 is 19.4 Å². The third kappa shape index (κ3) is 7.81. The number of carbonyl (C=O) groups is 2. The molecule has 0 fully saturated rings. The van der Waals surface area contributed by atoms with Crippen LogP contribution in [-0.2, 0) is 4.79 Å². The van der Waals surface area contributed by atoms with Crippen molar-refractivity contribution in [2.75, 3.05) is 13.2 Å². The van der Waals surface area contributed by atoms with Gasteiger partial charge in [-0.2, -0.15) is 0 Å². The van der Waals surface area contributed by atoms with Gasteiger partial charge in [-0.15, -0.1) is 0 Å². The average Bonchev–Trinajstić information content (AvgIpc) is 2.41. The second kappa shape index (κ2) is 8.84. The maximum Gasteiger partial charge on any atom is 0.315 e. The lowest BCUT2D eigenvalue weighted by atomic mass is 10.2. The number of hydrogen-bond acceptors (Lipinski definition) is 3. The molecule has 6 heteroatoms. The number of rotatable bonds is 8. The Kier molecular flexibility index (Phi) is 7.08. The lowest BCUT2D eigenvalue weighted by molar-refractivity contribution is -0.137. The van der Waals surface area contributed by atoms with Crippen LogP contribution in [0, 0.1) is 6.92 Å². The summed E-state index contributed by atoms with van der Waals surface area (Å²) in [4.78, 5) is 22.0. The summed E-state index contributed by atoms with van der Waals surface area (Å²) in [6.45, 7) is 4.51. The molecule has 0 aliphatic rings. The summed E-state index contributed by atoms with van der Waals surface area (Å²) in [6.07, 6.45) is 0.445. The highest BCUT2D eigenvalue weighted by atomic mass is 16.5. The molecule has 0 bridgehead atoms. The number of carboxylic acid groups (broad SMARTS) is 1. The van der Waals surface area contributed by atoms with Crippen molar-refractivity contribution in [3.05, 3.63) is 29.8 Å². The number of aryl methyl sites for hydroxylation is 1. The maximum atomic E-state index is 11.5. The van der Waals surface area contributed by atoms with E-state index in [-0.39, 0.29) is 18.5 Å². The SMILES string of the molecule is Cc1cccc(OCCNC(=O)NC(C)CCC(=O)O)c1. The monoisotopic (exact) mass is 294 g/mol. The van der Waals surface area contributed by atoms with E-state index in [0.717, 1.165) is 11.3 Å². The van der Waals surface area contributed by atoms with Crippen LogP contribution in [0.5, 0.6) is 5.75 Å². The van der Waals surface area contributed by atoms with Crippen LogP contribution in [0.3, 0.4) is 0 Å². The van der Waals surface area contributed by atoms with Gasteiger partial charge in [-0.1, -0.05) is 12.1 Å². The molecule has 1 rings (SSSR count). The fourth-order valence-electron chi connectivity index (χ4n) is 1.73. The number of aliphatic carboxylic acids is 1. The van der Waals surface area contributed by atoms with Crippen LogP contribution in [-0.4, -0.2) is 36.3 Å². The molecule has 2 amide bonds. The molecule has 1 aromatic rings. The number of nitrogens with one attached hydrogen (secondary N) is 2. The normalized spacial score (nSPS) is 11.5. The molecule has 3 N–H and O–H groups in total. The Morgan fingerprint density at radius 3 is 2.81 bits per heavy atom. The van der Waals surface area contributed by atoms with Crippen LogP contribution in [0.25, 0.3) is 0 Å². The van der Waals surface area contributed by atoms with E-state index < -0.39 is 5.97 Å². The molecular weight excluding hydrogens is 272 g/mol. The lowest BCUT2D eigenvalue weighted by Crippen LogP contribution is -2.42. The first-order valence-electron chi connectivity index (χ1n) is 6.93. The third-order valence-corrected chi connectivity index (χ3v) is 2.81. The molecule has 0 spiro atoms. The van der Waals surface area contributed by atoms with Gasteiger partial charge in [0.05, 0.1) is 6.54 Å². The van der Waals surface area contributed by atoms with Crippen LogP contribution in [0.1, 0.15) is 25.3 Å². The summed E-state index contributed by atoms with van der Waals surface area (Å²) >= 11 is 0. The van der Waals surface area contributed by atoms with Gasteiger partial charge in [0.15, 0.2) is 0 Å². The lowest BCUT2D eigenvalue weighted by Gasteiger charge is -2.14. The molecule has 0 saturated heterocycles. The Morgan fingerprint density at radius 2 is 2.14 bits per heavy atom. The number of benzene rings is 1. The van der Waals surface area contributed by atoms with Crippen LogP contribution in [0.4, 0.5) is 4.79 Å². The van der Waals surface area contributed by atoms with E-state index in [1.165, 1.54) is 0 Å².